The molecule has 4 nitrogen and oxygen atoms in total. The number of hydrogen-bond donors (Lipinski definition) is 2. The van der Waals surface area contributed by atoms with Gasteiger partial charge in [0.1, 0.15) is 6.04 Å². The van der Waals surface area contributed by atoms with Gasteiger partial charge in [-0.25, -0.2) is 4.79 Å². The van der Waals surface area contributed by atoms with Gasteiger partial charge in [0.25, 0.3) is 0 Å². The van der Waals surface area contributed by atoms with Gasteiger partial charge < -0.3 is 10.4 Å². The monoisotopic (exact) mass is 241 g/mol. The van der Waals surface area contributed by atoms with E-state index in [1.165, 1.54) is 6.42 Å². The van der Waals surface area contributed by atoms with E-state index >= 15 is 0 Å². The molecular formula is C13H23NO3. The van der Waals surface area contributed by atoms with Gasteiger partial charge in [0.05, 0.1) is 0 Å². The first-order valence-electron chi connectivity index (χ1n) is 6.68. The third-order valence-electron chi connectivity index (χ3n) is 3.44. The van der Waals surface area contributed by atoms with Gasteiger partial charge in [0.2, 0.25) is 5.91 Å². The second kappa shape index (κ2) is 7.30. The molecule has 0 spiro atoms. The Morgan fingerprint density at radius 2 is 1.94 bits per heavy atom. The van der Waals surface area contributed by atoms with Crippen LogP contribution in [-0.4, -0.2) is 23.0 Å². The van der Waals surface area contributed by atoms with E-state index in [0.29, 0.717) is 6.42 Å². The first-order valence-corrected chi connectivity index (χ1v) is 6.68. The van der Waals surface area contributed by atoms with E-state index < -0.39 is 12.0 Å². The normalized spacial score (nSPS) is 18.6. The maximum Gasteiger partial charge on any atom is 0.326 e. The Morgan fingerprint density at radius 3 is 2.47 bits per heavy atom. The zero-order valence-electron chi connectivity index (χ0n) is 10.6. The minimum absolute atomic E-state index is 0.0345. The lowest BCUT2D eigenvalue weighted by molar-refractivity contribution is -0.142. The summed E-state index contributed by atoms with van der Waals surface area (Å²) in [5.41, 5.74) is 0. The molecular weight excluding hydrogens is 218 g/mol. The fourth-order valence-corrected chi connectivity index (χ4v) is 2.32. The van der Waals surface area contributed by atoms with Crippen molar-refractivity contribution in [2.75, 3.05) is 0 Å². The van der Waals surface area contributed by atoms with E-state index in [1.807, 2.05) is 6.92 Å². The molecule has 0 aromatic rings. The van der Waals surface area contributed by atoms with E-state index in [0.717, 1.165) is 38.5 Å². The molecule has 1 atom stereocenters. The summed E-state index contributed by atoms with van der Waals surface area (Å²) in [7, 11) is 0. The third-order valence-corrected chi connectivity index (χ3v) is 3.44. The molecule has 17 heavy (non-hydrogen) atoms. The highest BCUT2D eigenvalue weighted by atomic mass is 16.4. The molecule has 2 N–H and O–H groups in total. The van der Waals surface area contributed by atoms with Gasteiger partial charge in [-0.05, 0) is 19.3 Å². The topological polar surface area (TPSA) is 66.4 Å². The van der Waals surface area contributed by atoms with Crippen LogP contribution in [0.3, 0.4) is 0 Å². The largest absolute Gasteiger partial charge is 0.480 e. The highest BCUT2D eigenvalue weighted by Gasteiger charge is 2.25. The Balaban J connectivity index is 2.42. The lowest BCUT2D eigenvalue weighted by atomic mass is 9.88. The predicted molar refractivity (Wildman–Crippen MR) is 65.7 cm³/mol. The van der Waals surface area contributed by atoms with Crippen molar-refractivity contribution in [1.29, 1.82) is 0 Å². The van der Waals surface area contributed by atoms with Gasteiger partial charge in [0, 0.05) is 5.92 Å². The molecule has 1 aliphatic rings. The molecule has 4 heteroatoms. The molecule has 0 aromatic carbocycles. The quantitative estimate of drug-likeness (QED) is 0.750. The molecule has 1 fully saturated rings. The molecule has 98 valence electrons. The van der Waals surface area contributed by atoms with Crippen LogP contribution in [0.4, 0.5) is 0 Å². The van der Waals surface area contributed by atoms with Gasteiger partial charge in [-0.1, -0.05) is 39.0 Å². The van der Waals surface area contributed by atoms with Crippen molar-refractivity contribution in [2.24, 2.45) is 5.92 Å². The maximum atomic E-state index is 11.9. The first kappa shape index (κ1) is 14.0. The molecule has 1 saturated carbocycles. The number of rotatable bonds is 6. The highest BCUT2D eigenvalue weighted by molar-refractivity contribution is 5.84. The van der Waals surface area contributed by atoms with Gasteiger partial charge in [-0.15, -0.1) is 0 Å². The molecule has 0 bridgehead atoms. The minimum Gasteiger partial charge on any atom is -0.480 e. The van der Waals surface area contributed by atoms with Crippen molar-refractivity contribution in [3.8, 4) is 0 Å². The first-order chi connectivity index (χ1) is 8.15. The number of hydrogen-bond acceptors (Lipinski definition) is 2. The van der Waals surface area contributed by atoms with Crippen molar-refractivity contribution < 1.29 is 14.7 Å². The summed E-state index contributed by atoms with van der Waals surface area (Å²) >= 11 is 0. The minimum atomic E-state index is -0.914. The molecule has 1 rings (SSSR count). The molecule has 1 amide bonds. The fraction of sp³-hybridized carbons (Fsp3) is 0.846. The Kier molecular flexibility index (Phi) is 6.01. The summed E-state index contributed by atoms with van der Waals surface area (Å²) in [6.07, 6.45) is 7.50. The Labute approximate surface area is 103 Å². The van der Waals surface area contributed by atoms with E-state index in [1.54, 1.807) is 0 Å². The number of carboxylic acids is 1. The van der Waals surface area contributed by atoms with Crippen molar-refractivity contribution >= 4 is 11.9 Å². The average molecular weight is 241 g/mol. The highest BCUT2D eigenvalue weighted by Crippen LogP contribution is 2.23. The Hall–Kier alpha value is -1.06. The number of carboxylic acid groups (broad SMARTS) is 1. The second-order valence-electron chi connectivity index (χ2n) is 4.88. The van der Waals surface area contributed by atoms with Crippen LogP contribution in [0.25, 0.3) is 0 Å². The van der Waals surface area contributed by atoms with Crippen molar-refractivity contribution in [3.63, 3.8) is 0 Å². The molecule has 0 heterocycles. The smallest absolute Gasteiger partial charge is 0.326 e. The number of aliphatic carboxylic acids is 1. The second-order valence-corrected chi connectivity index (χ2v) is 4.88. The number of carbonyl (C=O) groups is 2. The Bertz CT molecular complexity index is 259. The number of amides is 1. The van der Waals surface area contributed by atoms with E-state index in [4.69, 9.17) is 5.11 Å². The standard InChI is InChI=1S/C13H23NO3/c1-2-3-9-11(13(16)17)14-12(15)10-7-5-4-6-8-10/h10-11H,2-9H2,1H3,(H,14,15)(H,16,17). The van der Waals surface area contributed by atoms with Crippen molar-refractivity contribution in [3.05, 3.63) is 0 Å². The fourth-order valence-electron chi connectivity index (χ4n) is 2.32. The molecule has 1 unspecified atom stereocenters. The predicted octanol–water partition coefficient (Wildman–Crippen LogP) is 2.33. The Morgan fingerprint density at radius 1 is 1.29 bits per heavy atom. The maximum absolute atomic E-state index is 11.9. The van der Waals surface area contributed by atoms with Crippen LogP contribution in [0.2, 0.25) is 0 Å². The molecule has 1 aliphatic carbocycles. The summed E-state index contributed by atoms with van der Waals surface area (Å²) in [4.78, 5) is 22.9. The van der Waals surface area contributed by atoms with Crippen molar-refractivity contribution in [1.82, 2.24) is 5.32 Å². The van der Waals surface area contributed by atoms with Crippen LogP contribution in [0.5, 0.6) is 0 Å². The van der Waals surface area contributed by atoms with Crippen LogP contribution >= 0.6 is 0 Å². The summed E-state index contributed by atoms with van der Waals surface area (Å²) in [6.45, 7) is 2.02. The number of carbonyl (C=O) groups excluding carboxylic acids is 1. The lowest BCUT2D eigenvalue weighted by Gasteiger charge is -2.23. The molecule has 0 saturated heterocycles. The summed E-state index contributed by atoms with van der Waals surface area (Å²) in [5.74, 6) is -0.942. The van der Waals surface area contributed by atoms with Gasteiger partial charge >= 0.3 is 5.97 Å². The number of unbranched alkanes of at least 4 members (excludes halogenated alkanes) is 1. The van der Waals surface area contributed by atoms with Crippen LogP contribution in [0.1, 0.15) is 58.3 Å². The summed E-state index contributed by atoms with van der Waals surface area (Å²) in [6, 6.07) is -0.704. The van der Waals surface area contributed by atoms with Crippen LogP contribution in [-0.2, 0) is 9.59 Å². The third kappa shape index (κ3) is 4.75. The zero-order valence-corrected chi connectivity index (χ0v) is 10.6. The van der Waals surface area contributed by atoms with Crippen LogP contribution in [0, 0.1) is 5.92 Å². The lowest BCUT2D eigenvalue weighted by Crippen LogP contribution is -2.44. The molecule has 0 aromatic heterocycles. The van der Waals surface area contributed by atoms with Crippen molar-refractivity contribution in [2.45, 2.75) is 64.3 Å². The van der Waals surface area contributed by atoms with Crippen LogP contribution in [0.15, 0.2) is 0 Å². The van der Waals surface area contributed by atoms with E-state index in [2.05, 4.69) is 5.32 Å². The summed E-state index contributed by atoms with van der Waals surface area (Å²) < 4.78 is 0. The molecule has 0 aliphatic heterocycles. The zero-order chi connectivity index (χ0) is 12.7. The SMILES string of the molecule is CCCCC(NC(=O)C1CCCCC1)C(=O)O. The summed E-state index contributed by atoms with van der Waals surface area (Å²) in [5, 5.41) is 11.7. The van der Waals surface area contributed by atoms with Crippen LogP contribution < -0.4 is 5.32 Å². The van der Waals surface area contributed by atoms with Gasteiger partial charge in [0.15, 0.2) is 0 Å². The number of nitrogens with one attached hydrogen (secondary N) is 1. The van der Waals surface area contributed by atoms with E-state index in [-0.39, 0.29) is 11.8 Å². The average Bonchev–Trinajstić information content (AvgIpc) is 2.35. The van der Waals surface area contributed by atoms with Gasteiger partial charge in [-0.2, -0.15) is 0 Å². The van der Waals surface area contributed by atoms with Gasteiger partial charge in [-0.3, -0.25) is 4.79 Å². The molecule has 0 radical (unpaired) electrons. The van der Waals surface area contributed by atoms with E-state index in [9.17, 15) is 9.59 Å².